The standard InChI is InChI=1S/C17H16ClFO2/c1-12-4-9-17(15(18)11-12)21-10-2-3-16(20)13-5-7-14(19)8-6-13/h4-9,11H,2-3,10H2,1H3. The van der Waals surface area contributed by atoms with E-state index in [2.05, 4.69) is 0 Å². The van der Waals surface area contributed by atoms with E-state index in [4.69, 9.17) is 16.3 Å². The second kappa shape index (κ2) is 7.23. The molecule has 0 unspecified atom stereocenters. The third-order valence-corrected chi connectivity index (χ3v) is 3.35. The molecule has 0 saturated carbocycles. The zero-order chi connectivity index (χ0) is 15.2. The molecule has 0 radical (unpaired) electrons. The summed E-state index contributed by atoms with van der Waals surface area (Å²) in [5.41, 5.74) is 1.59. The highest BCUT2D eigenvalue weighted by Gasteiger charge is 2.06. The Hall–Kier alpha value is -1.87. The van der Waals surface area contributed by atoms with Gasteiger partial charge in [0.15, 0.2) is 5.78 Å². The highest BCUT2D eigenvalue weighted by Crippen LogP contribution is 2.25. The molecule has 0 atom stereocenters. The number of ketones is 1. The summed E-state index contributed by atoms with van der Waals surface area (Å²) in [6.07, 6.45) is 0.940. The first kappa shape index (κ1) is 15.5. The summed E-state index contributed by atoms with van der Waals surface area (Å²) in [5.74, 6) is 0.258. The average molecular weight is 307 g/mol. The molecule has 0 aromatic heterocycles. The van der Waals surface area contributed by atoms with E-state index in [9.17, 15) is 9.18 Å². The van der Waals surface area contributed by atoms with Gasteiger partial charge in [-0.05, 0) is 55.3 Å². The first-order chi connectivity index (χ1) is 10.1. The molecule has 0 saturated heterocycles. The molecule has 2 rings (SSSR count). The predicted molar refractivity (Wildman–Crippen MR) is 81.6 cm³/mol. The highest BCUT2D eigenvalue weighted by atomic mass is 35.5. The van der Waals surface area contributed by atoms with Crippen molar-refractivity contribution in [3.05, 3.63) is 64.4 Å². The number of hydrogen-bond donors (Lipinski definition) is 0. The van der Waals surface area contributed by atoms with Gasteiger partial charge in [0.2, 0.25) is 0 Å². The van der Waals surface area contributed by atoms with Gasteiger partial charge in [-0.2, -0.15) is 0 Å². The van der Waals surface area contributed by atoms with Crippen LogP contribution in [0.15, 0.2) is 42.5 Å². The molecule has 110 valence electrons. The average Bonchev–Trinajstić information content (AvgIpc) is 2.46. The molecule has 0 heterocycles. The first-order valence-corrected chi connectivity index (χ1v) is 7.12. The second-order valence-corrected chi connectivity index (χ2v) is 5.22. The fourth-order valence-electron chi connectivity index (χ4n) is 1.92. The van der Waals surface area contributed by atoms with Gasteiger partial charge in [0.05, 0.1) is 11.6 Å². The molecule has 4 heteroatoms. The topological polar surface area (TPSA) is 26.3 Å². The fraction of sp³-hybridized carbons (Fsp3) is 0.235. The molecule has 0 aliphatic carbocycles. The smallest absolute Gasteiger partial charge is 0.163 e. The maximum Gasteiger partial charge on any atom is 0.163 e. The van der Waals surface area contributed by atoms with Gasteiger partial charge in [0.25, 0.3) is 0 Å². The van der Waals surface area contributed by atoms with Gasteiger partial charge in [0, 0.05) is 12.0 Å². The number of Topliss-reactive ketones (excluding diaryl/α,β-unsaturated/α-hetero) is 1. The Kier molecular flexibility index (Phi) is 5.34. The maximum atomic E-state index is 12.8. The van der Waals surface area contributed by atoms with Gasteiger partial charge in [-0.15, -0.1) is 0 Å². The van der Waals surface area contributed by atoms with Crippen molar-refractivity contribution in [2.45, 2.75) is 19.8 Å². The van der Waals surface area contributed by atoms with Crippen LogP contribution in [0.5, 0.6) is 5.75 Å². The zero-order valence-electron chi connectivity index (χ0n) is 11.7. The number of halogens is 2. The Labute approximate surface area is 128 Å². The van der Waals surface area contributed by atoms with Crippen LogP contribution in [0.4, 0.5) is 4.39 Å². The molecule has 0 fully saturated rings. The van der Waals surface area contributed by atoms with E-state index in [0.717, 1.165) is 5.56 Å². The molecule has 0 aliphatic heterocycles. The van der Waals surface area contributed by atoms with Crippen molar-refractivity contribution in [1.82, 2.24) is 0 Å². The van der Waals surface area contributed by atoms with E-state index in [-0.39, 0.29) is 11.6 Å². The summed E-state index contributed by atoms with van der Waals surface area (Å²) in [4.78, 5) is 11.9. The van der Waals surface area contributed by atoms with Gasteiger partial charge in [-0.3, -0.25) is 4.79 Å². The lowest BCUT2D eigenvalue weighted by molar-refractivity contribution is 0.0973. The Morgan fingerprint density at radius 2 is 1.90 bits per heavy atom. The van der Waals surface area contributed by atoms with E-state index < -0.39 is 0 Å². The molecule has 2 aromatic rings. The van der Waals surface area contributed by atoms with Crippen molar-refractivity contribution in [2.24, 2.45) is 0 Å². The van der Waals surface area contributed by atoms with Gasteiger partial charge < -0.3 is 4.74 Å². The minimum atomic E-state index is -0.344. The quantitative estimate of drug-likeness (QED) is 0.564. The van der Waals surface area contributed by atoms with Crippen LogP contribution in [-0.2, 0) is 0 Å². The molecule has 2 nitrogen and oxygen atoms in total. The number of ether oxygens (including phenoxy) is 1. The van der Waals surface area contributed by atoms with Crippen molar-refractivity contribution in [1.29, 1.82) is 0 Å². The number of rotatable bonds is 6. The summed E-state index contributed by atoms with van der Waals surface area (Å²) in [6.45, 7) is 2.37. The number of carbonyl (C=O) groups excluding carboxylic acids is 1. The molecule has 0 aliphatic rings. The Morgan fingerprint density at radius 1 is 1.19 bits per heavy atom. The maximum absolute atomic E-state index is 12.8. The van der Waals surface area contributed by atoms with Crippen molar-refractivity contribution < 1.29 is 13.9 Å². The first-order valence-electron chi connectivity index (χ1n) is 6.74. The normalized spacial score (nSPS) is 10.4. The van der Waals surface area contributed by atoms with Crippen LogP contribution in [0, 0.1) is 12.7 Å². The molecular formula is C17H16ClFO2. The van der Waals surface area contributed by atoms with Crippen LogP contribution >= 0.6 is 11.6 Å². The van der Waals surface area contributed by atoms with Crippen molar-refractivity contribution >= 4 is 17.4 Å². The third kappa shape index (κ3) is 4.57. The van der Waals surface area contributed by atoms with E-state index in [1.54, 1.807) is 0 Å². The molecule has 0 N–H and O–H groups in total. The van der Waals surface area contributed by atoms with Gasteiger partial charge in [0.1, 0.15) is 11.6 Å². The van der Waals surface area contributed by atoms with Gasteiger partial charge in [-0.25, -0.2) is 4.39 Å². The highest BCUT2D eigenvalue weighted by molar-refractivity contribution is 6.32. The summed E-state index contributed by atoms with van der Waals surface area (Å²) < 4.78 is 18.3. The van der Waals surface area contributed by atoms with Crippen LogP contribution < -0.4 is 4.74 Å². The molecule has 0 amide bonds. The van der Waals surface area contributed by atoms with Gasteiger partial charge >= 0.3 is 0 Å². The summed E-state index contributed by atoms with van der Waals surface area (Å²) in [7, 11) is 0. The lowest BCUT2D eigenvalue weighted by Crippen LogP contribution is -2.04. The van der Waals surface area contributed by atoms with Crippen LogP contribution in [0.1, 0.15) is 28.8 Å². The molecular weight excluding hydrogens is 291 g/mol. The monoisotopic (exact) mass is 306 g/mol. The number of benzene rings is 2. The predicted octanol–water partition coefficient (Wildman–Crippen LogP) is 4.83. The largest absolute Gasteiger partial charge is 0.492 e. The van der Waals surface area contributed by atoms with Crippen molar-refractivity contribution in [3.8, 4) is 5.75 Å². The Balaban J connectivity index is 1.79. The minimum absolute atomic E-state index is 0.0198. The fourth-order valence-corrected chi connectivity index (χ4v) is 2.21. The summed E-state index contributed by atoms with van der Waals surface area (Å²) in [5, 5.41) is 0.569. The lowest BCUT2D eigenvalue weighted by atomic mass is 10.1. The number of aryl methyl sites for hydroxylation is 1. The van der Waals surface area contributed by atoms with Crippen LogP contribution in [0.2, 0.25) is 5.02 Å². The molecule has 21 heavy (non-hydrogen) atoms. The van der Waals surface area contributed by atoms with Crippen LogP contribution in [0.3, 0.4) is 0 Å². The lowest BCUT2D eigenvalue weighted by Gasteiger charge is -2.08. The molecule has 0 spiro atoms. The van der Waals surface area contributed by atoms with Crippen molar-refractivity contribution in [3.63, 3.8) is 0 Å². The third-order valence-electron chi connectivity index (χ3n) is 3.06. The SMILES string of the molecule is Cc1ccc(OCCCC(=O)c2ccc(F)cc2)c(Cl)c1. The second-order valence-electron chi connectivity index (χ2n) is 4.82. The van der Waals surface area contributed by atoms with Gasteiger partial charge in [-0.1, -0.05) is 17.7 Å². The molecule has 0 bridgehead atoms. The summed E-state index contributed by atoms with van der Waals surface area (Å²) >= 11 is 6.05. The van der Waals surface area contributed by atoms with Crippen LogP contribution in [-0.4, -0.2) is 12.4 Å². The van der Waals surface area contributed by atoms with Crippen LogP contribution in [0.25, 0.3) is 0 Å². The number of carbonyl (C=O) groups is 1. The minimum Gasteiger partial charge on any atom is -0.492 e. The zero-order valence-corrected chi connectivity index (χ0v) is 12.5. The van der Waals surface area contributed by atoms with E-state index in [0.29, 0.717) is 35.8 Å². The number of hydrogen-bond acceptors (Lipinski definition) is 2. The Morgan fingerprint density at radius 3 is 2.57 bits per heavy atom. The van der Waals surface area contributed by atoms with Crippen molar-refractivity contribution in [2.75, 3.05) is 6.61 Å². The molecule has 2 aromatic carbocycles. The van der Waals surface area contributed by atoms with E-state index in [1.165, 1.54) is 24.3 Å². The Bertz CT molecular complexity index is 623. The van der Waals surface area contributed by atoms with E-state index in [1.807, 2.05) is 25.1 Å². The van der Waals surface area contributed by atoms with E-state index >= 15 is 0 Å². The summed E-state index contributed by atoms with van der Waals surface area (Å²) in [6, 6.07) is 11.1.